The lowest BCUT2D eigenvalue weighted by atomic mass is 9.95. The molecular formula is C35H46N6O12S2. The van der Waals surface area contributed by atoms with Crippen molar-refractivity contribution >= 4 is 59.1 Å². The van der Waals surface area contributed by atoms with E-state index >= 15 is 0 Å². The number of amides is 4. The number of carboxylic acid groups (broad SMARTS) is 2. The number of aliphatic hydroxyl groups is 2. The number of carboxylic acids is 2. The van der Waals surface area contributed by atoms with Gasteiger partial charge in [-0.3, -0.25) is 19.2 Å². The average Bonchev–Trinajstić information content (AvgIpc) is 3.54. The summed E-state index contributed by atoms with van der Waals surface area (Å²) < 4.78 is -1.30. The van der Waals surface area contributed by atoms with Crippen LogP contribution in [0.4, 0.5) is 0 Å². The van der Waals surface area contributed by atoms with Crippen LogP contribution in [0.2, 0.25) is 0 Å². The Kier molecular flexibility index (Phi) is 13.0. The van der Waals surface area contributed by atoms with Crippen LogP contribution in [0, 0.1) is 0 Å². The summed E-state index contributed by atoms with van der Waals surface area (Å²) >= 11 is 2.71. The predicted molar refractivity (Wildman–Crippen MR) is 200 cm³/mol. The Labute approximate surface area is 324 Å². The number of rotatable bonds is 9. The summed E-state index contributed by atoms with van der Waals surface area (Å²) in [6.45, 7) is 8.46. The van der Waals surface area contributed by atoms with E-state index in [4.69, 9.17) is 21.7 Å². The van der Waals surface area contributed by atoms with Gasteiger partial charge in [0.1, 0.15) is 58.5 Å². The Morgan fingerprint density at radius 2 is 1.00 bits per heavy atom. The molecule has 12 N–H and O–H groups in total. The number of benzene rings is 2. The van der Waals surface area contributed by atoms with Gasteiger partial charge in [0, 0.05) is 9.49 Å². The Hall–Kier alpha value is -4.60. The van der Waals surface area contributed by atoms with Crippen LogP contribution in [-0.2, 0) is 28.8 Å². The molecule has 20 heteroatoms. The Morgan fingerprint density at radius 3 is 1.25 bits per heavy atom. The standard InChI is InChI=1S/2C16H19N3O5S.C3H8O2/c2*1-16(2)11(15(23)24)19-13(22)10(14(19)25-16)18-12(21)9(17)7-3-5-8(20)6-4-7;1-3(5)2-4/h2*3-6,9-11,14,20H,17H2,1-2H3,(H,18,21)(H,23,24);3-5H,2H2,1H3/t2*9-,10-,11+,14-;/m11./s1. The molecule has 9 atom stereocenters. The highest BCUT2D eigenvalue weighted by Gasteiger charge is 2.65. The fourth-order valence-electron chi connectivity index (χ4n) is 6.44. The second-order valence-corrected chi connectivity index (χ2v) is 17.9. The third-order valence-electron chi connectivity index (χ3n) is 9.28. The first-order valence-electron chi connectivity index (χ1n) is 17.0. The maximum absolute atomic E-state index is 12.3. The second-order valence-electron chi connectivity index (χ2n) is 14.3. The largest absolute Gasteiger partial charge is 0.508 e. The molecule has 18 nitrogen and oxygen atoms in total. The Bertz CT molecular complexity index is 1670. The Balaban J connectivity index is 0.000000218. The summed E-state index contributed by atoms with van der Waals surface area (Å²) in [5.41, 5.74) is 12.8. The van der Waals surface area contributed by atoms with Crippen molar-refractivity contribution in [3.63, 3.8) is 0 Å². The van der Waals surface area contributed by atoms with E-state index in [1.165, 1.54) is 88.8 Å². The molecule has 4 amide bonds. The lowest BCUT2D eigenvalue weighted by molar-refractivity contribution is -0.161. The van der Waals surface area contributed by atoms with Crippen LogP contribution in [-0.4, -0.2) is 133 Å². The van der Waals surface area contributed by atoms with Crippen LogP contribution in [0.5, 0.6) is 11.5 Å². The lowest BCUT2D eigenvalue weighted by Gasteiger charge is -2.43. The Morgan fingerprint density at radius 1 is 0.709 bits per heavy atom. The highest BCUT2D eigenvalue weighted by atomic mass is 32.2. The smallest absolute Gasteiger partial charge is 0.327 e. The quantitative estimate of drug-likeness (QED) is 0.142. The van der Waals surface area contributed by atoms with Crippen LogP contribution in [0.1, 0.15) is 57.8 Å². The van der Waals surface area contributed by atoms with Gasteiger partial charge in [0.2, 0.25) is 23.6 Å². The number of thioether (sulfide) groups is 2. The summed E-state index contributed by atoms with van der Waals surface area (Å²) in [6, 6.07) is 6.41. The third-order valence-corrected chi connectivity index (χ3v) is 12.4. The van der Waals surface area contributed by atoms with Gasteiger partial charge >= 0.3 is 11.9 Å². The highest BCUT2D eigenvalue weighted by molar-refractivity contribution is 8.02. The first-order chi connectivity index (χ1) is 25.5. The second kappa shape index (κ2) is 16.6. The molecule has 4 aliphatic rings. The van der Waals surface area contributed by atoms with E-state index < -0.39 is 98.2 Å². The molecule has 1 unspecified atom stereocenters. The van der Waals surface area contributed by atoms with Crippen LogP contribution in [0.15, 0.2) is 48.5 Å². The molecule has 0 aliphatic carbocycles. The van der Waals surface area contributed by atoms with Crippen molar-refractivity contribution in [2.24, 2.45) is 11.5 Å². The average molecular weight is 807 g/mol. The number of aromatic hydroxyl groups is 2. The molecule has 0 saturated carbocycles. The molecule has 2 aromatic rings. The summed E-state index contributed by atoms with van der Waals surface area (Å²) in [7, 11) is 0. The van der Waals surface area contributed by atoms with E-state index in [9.17, 15) is 49.2 Å². The van der Waals surface area contributed by atoms with Crippen molar-refractivity contribution in [2.45, 2.75) is 97.2 Å². The molecule has 0 spiro atoms. The summed E-state index contributed by atoms with van der Waals surface area (Å²) in [5, 5.41) is 57.7. The molecule has 6 rings (SSSR count). The van der Waals surface area contributed by atoms with E-state index in [2.05, 4.69) is 10.6 Å². The normalized spacial score (nSPS) is 26.9. The van der Waals surface area contributed by atoms with E-state index in [1.807, 2.05) is 0 Å². The number of nitrogens with zero attached hydrogens (tertiary/aromatic N) is 2. The maximum atomic E-state index is 12.3. The van der Waals surface area contributed by atoms with E-state index in [0.717, 1.165) is 0 Å². The number of hydrogen-bond donors (Lipinski definition) is 10. The maximum Gasteiger partial charge on any atom is 0.327 e. The van der Waals surface area contributed by atoms with Crippen molar-refractivity contribution in [3.8, 4) is 11.5 Å². The molecule has 2 aromatic carbocycles. The van der Waals surface area contributed by atoms with Crippen molar-refractivity contribution in [1.29, 1.82) is 0 Å². The number of hydrogen-bond acceptors (Lipinski definition) is 14. The predicted octanol–water partition coefficient (Wildman–Crippen LogP) is -0.593. The zero-order valence-electron chi connectivity index (χ0n) is 30.5. The first kappa shape index (κ1) is 43.1. The molecule has 4 fully saturated rings. The minimum atomic E-state index is -1.06. The van der Waals surface area contributed by atoms with Crippen LogP contribution < -0.4 is 22.1 Å². The molecule has 4 heterocycles. The topological polar surface area (TPSA) is 306 Å². The summed E-state index contributed by atoms with van der Waals surface area (Å²) in [6.07, 6.45) is -0.560. The van der Waals surface area contributed by atoms with E-state index in [1.54, 1.807) is 27.7 Å². The van der Waals surface area contributed by atoms with E-state index in [0.29, 0.717) is 11.1 Å². The van der Waals surface area contributed by atoms with Gasteiger partial charge in [0.05, 0.1) is 12.7 Å². The number of aliphatic carboxylic acids is 2. The zero-order chi connectivity index (χ0) is 41.3. The molecule has 0 aromatic heterocycles. The fourth-order valence-corrected chi connectivity index (χ4v) is 9.69. The van der Waals surface area contributed by atoms with Gasteiger partial charge in [-0.05, 0) is 70.0 Å². The highest BCUT2D eigenvalue weighted by Crippen LogP contribution is 2.52. The molecular weight excluding hydrogens is 761 g/mol. The number of carbonyl (C=O) groups is 6. The molecule has 4 aliphatic heterocycles. The lowest BCUT2D eigenvalue weighted by Crippen LogP contribution is -2.71. The summed E-state index contributed by atoms with van der Waals surface area (Å²) in [4.78, 5) is 74.9. The van der Waals surface area contributed by atoms with Gasteiger partial charge in [-0.2, -0.15) is 0 Å². The van der Waals surface area contributed by atoms with Gasteiger partial charge in [-0.25, -0.2) is 9.59 Å². The fraction of sp³-hybridized carbons (Fsp3) is 0.486. The van der Waals surface area contributed by atoms with Crippen LogP contribution >= 0.6 is 23.5 Å². The van der Waals surface area contributed by atoms with Crippen molar-refractivity contribution in [3.05, 3.63) is 59.7 Å². The SMILES string of the molecule is CC(O)CO.CC1(C)S[C@@H]2[C@H](NC(=O)[C@H](N)c3ccc(O)cc3)C(=O)N2[C@H]1C(=O)O.CC1(C)S[C@@H]2[C@H](NC(=O)[C@H](N)c3ccc(O)cc3)C(=O)N2[C@H]1C(=O)O. The first-order valence-corrected chi connectivity index (χ1v) is 18.7. The number of phenolic OH excluding ortho intramolecular Hbond substituents is 2. The minimum absolute atomic E-state index is 0.0606. The van der Waals surface area contributed by atoms with Crippen molar-refractivity contribution < 1.29 is 59.4 Å². The molecule has 55 heavy (non-hydrogen) atoms. The van der Waals surface area contributed by atoms with E-state index in [-0.39, 0.29) is 18.1 Å². The number of aliphatic hydroxyl groups excluding tert-OH is 2. The number of β-lactam (4-membered cyclic amide) rings is 2. The van der Waals surface area contributed by atoms with Crippen LogP contribution in [0.3, 0.4) is 0 Å². The van der Waals surface area contributed by atoms with Gasteiger partial charge < -0.3 is 62.5 Å². The molecule has 0 radical (unpaired) electrons. The summed E-state index contributed by atoms with van der Waals surface area (Å²) in [5.74, 6) is -3.88. The molecule has 0 bridgehead atoms. The number of fused-ring (bicyclic) bond motifs is 2. The van der Waals surface area contributed by atoms with Gasteiger partial charge in [0.15, 0.2) is 0 Å². The monoisotopic (exact) mass is 806 g/mol. The number of nitrogens with two attached hydrogens (primary N) is 2. The van der Waals surface area contributed by atoms with Crippen LogP contribution in [0.25, 0.3) is 0 Å². The molecule has 4 saturated heterocycles. The van der Waals surface area contributed by atoms with Gasteiger partial charge in [-0.15, -0.1) is 23.5 Å². The third kappa shape index (κ3) is 8.94. The van der Waals surface area contributed by atoms with Crippen molar-refractivity contribution in [1.82, 2.24) is 20.4 Å². The zero-order valence-corrected chi connectivity index (χ0v) is 32.2. The van der Waals surface area contributed by atoms with Gasteiger partial charge in [-0.1, -0.05) is 24.3 Å². The number of carbonyl (C=O) groups excluding carboxylic acids is 4. The van der Waals surface area contributed by atoms with Crippen molar-refractivity contribution in [2.75, 3.05) is 6.61 Å². The number of phenols is 2. The minimum Gasteiger partial charge on any atom is -0.508 e. The van der Waals surface area contributed by atoms with Gasteiger partial charge in [0.25, 0.3) is 0 Å². The number of nitrogens with one attached hydrogen (secondary N) is 2. The molecule has 300 valence electrons.